The van der Waals surface area contributed by atoms with Gasteiger partial charge in [-0.25, -0.2) is 0 Å². The third kappa shape index (κ3) is 9.46. The third-order valence-corrected chi connectivity index (χ3v) is 3.16. The maximum Gasteiger partial charge on any atom is 0.323 e. The quantitative estimate of drug-likeness (QED) is 0.481. The summed E-state index contributed by atoms with van der Waals surface area (Å²) in [6.07, 6.45) is 7.26. The molecule has 0 aromatic heterocycles. The van der Waals surface area contributed by atoms with Crippen molar-refractivity contribution in [2.24, 2.45) is 17.6 Å². The van der Waals surface area contributed by atoms with Gasteiger partial charge in [0.05, 0.1) is 6.61 Å². The van der Waals surface area contributed by atoms with Gasteiger partial charge >= 0.3 is 5.97 Å². The molecule has 0 saturated heterocycles. The van der Waals surface area contributed by atoms with Gasteiger partial charge in [0.15, 0.2) is 0 Å². The van der Waals surface area contributed by atoms with E-state index < -0.39 is 6.04 Å². The summed E-state index contributed by atoms with van der Waals surface area (Å²) in [6.45, 7) is 8.90. The van der Waals surface area contributed by atoms with E-state index in [0.717, 1.165) is 18.8 Å². The van der Waals surface area contributed by atoms with E-state index in [1.807, 2.05) is 13.8 Å². The molecule has 18 heavy (non-hydrogen) atoms. The molecule has 0 bridgehead atoms. The van der Waals surface area contributed by atoms with Crippen molar-refractivity contribution in [2.45, 2.75) is 72.3 Å². The summed E-state index contributed by atoms with van der Waals surface area (Å²) in [5, 5.41) is 0. The van der Waals surface area contributed by atoms with Crippen LogP contribution in [0.4, 0.5) is 0 Å². The van der Waals surface area contributed by atoms with Gasteiger partial charge in [0.1, 0.15) is 6.04 Å². The van der Waals surface area contributed by atoms with Crippen LogP contribution in [0.2, 0.25) is 0 Å². The van der Waals surface area contributed by atoms with Crippen LogP contribution in [0.25, 0.3) is 0 Å². The minimum atomic E-state index is -0.476. The fourth-order valence-corrected chi connectivity index (χ4v) is 1.73. The predicted octanol–water partition coefficient (Wildman–Crippen LogP) is 3.51. The van der Waals surface area contributed by atoms with Crippen molar-refractivity contribution in [3.8, 4) is 0 Å². The van der Waals surface area contributed by atoms with Crippen molar-refractivity contribution in [1.82, 2.24) is 0 Å². The Morgan fingerprint density at radius 2 is 1.56 bits per heavy atom. The van der Waals surface area contributed by atoms with Crippen LogP contribution in [-0.2, 0) is 9.53 Å². The Morgan fingerprint density at radius 1 is 1.00 bits per heavy atom. The first-order valence-corrected chi connectivity index (χ1v) is 7.37. The molecule has 1 atom stereocenters. The summed E-state index contributed by atoms with van der Waals surface area (Å²) in [5.41, 5.74) is 5.69. The van der Waals surface area contributed by atoms with Gasteiger partial charge in [-0.05, 0) is 18.3 Å². The Balaban J connectivity index is 3.33. The molecule has 0 heterocycles. The van der Waals surface area contributed by atoms with Crippen LogP contribution in [0.3, 0.4) is 0 Å². The van der Waals surface area contributed by atoms with Gasteiger partial charge in [-0.2, -0.15) is 0 Å². The van der Waals surface area contributed by atoms with E-state index in [1.54, 1.807) is 0 Å². The molecule has 3 nitrogen and oxygen atoms in total. The number of hydrogen-bond donors (Lipinski definition) is 1. The van der Waals surface area contributed by atoms with Crippen molar-refractivity contribution in [1.29, 1.82) is 0 Å². The Labute approximate surface area is 112 Å². The number of hydrogen-bond acceptors (Lipinski definition) is 3. The Hall–Kier alpha value is -0.570. The third-order valence-electron chi connectivity index (χ3n) is 3.16. The molecule has 0 aromatic rings. The second-order valence-electron chi connectivity index (χ2n) is 5.89. The molecule has 0 radical (unpaired) electrons. The average molecular weight is 257 g/mol. The largest absolute Gasteiger partial charge is 0.465 e. The van der Waals surface area contributed by atoms with Crippen molar-refractivity contribution in [2.75, 3.05) is 6.61 Å². The molecule has 0 aliphatic carbocycles. The summed E-state index contributed by atoms with van der Waals surface area (Å²) < 4.78 is 5.15. The molecular formula is C15H31NO2. The van der Waals surface area contributed by atoms with Crippen LogP contribution in [-0.4, -0.2) is 18.6 Å². The van der Waals surface area contributed by atoms with Crippen LogP contribution in [0, 0.1) is 11.8 Å². The zero-order chi connectivity index (χ0) is 14.0. The van der Waals surface area contributed by atoms with Gasteiger partial charge in [0.25, 0.3) is 0 Å². The molecular weight excluding hydrogens is 226 g/mol. The van der Waals surface area contributed by atoms with Crippen molar-refractivity contribution in [3.63, 3.8) is 0 Å². The van der Waals surface area contributed by atoms with Gasteiger partial charge in [0.2, 0.25) is 0 Å². The summed E-state index contributed by atoms with van der Waals surface area (Å²) in [6, 6.07) is -0.476. The van der Waals surface area contributed by atoms with E-state index in [-0.39, 0.29) is 11.9 Å². The maximum absolute atomic E-state index is 11.4. The molecule has 0 saturated carbocycles. The lowest BCUT2D eigenvalue weighted by atomic mass is 10.0. The van der Waals surface area contributed by atoms with Crippen molar-refractivity contribution >= 4 is 5.97 Å². The normalized spacial score (nSPS) is 13.1. The highest BCUT2D eigenvalue weighted by Gasteiger charge is 2.18. The number of carbonyl (C=O) groups excluding carboxylic acids is 1. The van der Waals surface area contributed by atoms with Crippen LogP contribution in [0.15, 0.2) is 0 Å². The predicted molar refractivity (Wildman–Crippen MR) is 76.3 cm³/mol. The minimum absolute atomic E-state index is 0.147. The lowest BCUT2D eigenvalue weighted by Crippen LogP contribution is -2.37. The maximum atomic E-state index is 11.4. The zero-order valence-electron chi connectivity index (χ0n) is 12.6. The SMILES string of the molecule is CC(C)CCCCCCCOC(=O)[C@@H](N)C(C)C. The van der Waals surface area contributed by atoms with Crippen LogP contribution < -0.4 is 5.73 Å². The van der Waals surface area contributed by atoms with E-state index >= 15 is 0 Å². The molecule has 0 rings (SSSR count). The number of nitrogens with two attached hydrogens (primary N) is 1. The van der Waals surface area contributed by atoms with E-state index in [4.69, 9.17) is 10.5 Å². The van der Waals surface area contributed by atoms with E-state index in [2.05, 4.69) is 13.8 Å². The van der Waals surface area contributed by atoms with Gasteiger partial charge < -0.3 is 10.5 Å². The molecule has 3 heteroatoms. The molecule has 0 fully saturated rings. The smallest absolute Gasteiger partial charge is 0.323 e. The highest BCUT2D eigenvalue weighted by Crippen LogP contribution is 2.10. The first-order valence-electron chi connectivity index (χ1n) is 7.37. The van der Waals surface area contributed by atoms with Crippen molar-refractivity contribution < 1.29 is 9.53 Å². The van der Waals surface area contributed by atoms with E-state index in [0.29, 0.717) is 6.61 Å². The molecule has 0 aromatic carbocycles. The lowest BCUT2D eigenvalue weighted by Gasteiger charge is -2.14. The Morgan fingerprint density at radius 3 is 2.11 bits per heavy atom. The summed E-state index contributed by atoms with van der Waals surface area (Å²) >= 11 is 0. The monoisotopic (exact) mass is 257 g/mol. The summed E-state index contributed by atoms with van der Waals surface area (Å²) in [5.74, 6) is 0.696. The second kappa shape index (κ2) is 10.4. The first kappa shape index (κ1) is 17.4. The lowest BCUT2D eigenvalue weighted by molar-refractivity contribution is -0.146. The van der Waals surface area contributed by atoms with E-state index in [1.165, 1.54) is 25.7 Å². The molecule has 0 spiro atoms. The topological polar surface area (TPSA) is 52.3 Å². The number of ether oxygens (including phenoxy) is 1. The Bertz CT molecular complexity index is 215. The second-order valence-corrected chi connectivity index (χ2v) is 5.89. The highest BCUT2D eigenvalue weighted by molar-refractivity contribution is 5.75. The number of carbonyl (C=O) groups is 1. The van der Waals surface area contributed by atoms with Gasteiger partial charge in [0, 0.05) is 0 Å². The standard InChI is InChI=1S/C15H31NO2/c1-12(2)10-8-6-5-7-9-11-18-15(17)14(16)13(3)4/h12-14H,5-11,16H2,1-4H3/t14-/m0/s1. The molecule has 108 valence electrons. The number of rotatable bonds is 10. The van der Waals surface area contributed by atoms with Gasteiger partial charge in [-0.3, -0.25) is 4.79 Å². The molecule has 0 amide bonds. The fourth-order valence-electron chi connectivity index (χ4n) is 1.73. The zero-order valence-corrected chi connectivity index (χ0v) is 12.6. The van der Waals surface area contributed by atoms with Gasteiger partial charge in [-0.15, -0.1) is 0 Å². The van der Waals surface area contributed by atoms with Crippen LogP contribution >= 0.6 is 0 Å². The molecule has 2 N–H and O–H groups in total. The van der Waals surface area contributed by atoms with E-state index in [9.17, 15) is 4.79 Å². The number of esters is 1. The highest BCUT2D eigenvalue weighted by atomic mass is 16.5. The molecule has 0 aliphatic heterocycles. The summed E-state index contributed by atoms with van der Waals surface area (Å²) in [4.78, 5) is 11.4. The fraction of sp³-hybridized carbons (Fsp3) is 0.933. The molecule has 0 aliphatic rings. The Kier molecular flexibility index (Phi) is 10.0. The molecule has 0 unspecified atom stereocenters. The first-order chi connectivity index (χ1) is 8.45. The van der Waals surface area contributed by atoms with Crippen LogP contribution in [0.5, 0.6) is 0 Å². The number of unbranched alkanes of at least 4 members (excludes halogenated alkanes) is 4. The minimum Gasteiger partial charge on any atom is -0.465 e. The summed E-state index contributed by atoms with van der Waals surface area (Å²) in [7, 11) is 0. The van der Waals surface area contributed by atoms with Crippen LogP contribution in [0.1, 0.15) is 66.2 Å². The van der Waals surface area contributed by atoms with Crippen molar-refractivity contribution in [3.05, 3.63) is 0 Å². The average Bonchev–Trinajstić information content (AvgIpc) is 2.30. The van der Waals surface area contributed by atoms with Gasteiger partial charge in [-0.1, -0.05) is 59.8 Å².